The zero-order valence-electron chi connectivity index (χ0n) is 11.1. The SMILES string of the molecule is Cc1ccc(C(N)Cc2ccc(F)c(Cl)c2)c(C)c1. The first-order valence-electron chi connectivity index (χ1n) is 6.24. The molecule has 2 N–H and O–H groups in total. The van der Waals surface area contributed by atoms with Crippen molar-refractivity contribution in [3.63, 3.8) is 0 Å². The highest BCUT2D eigenvalue weighted by molar-refractivity contribution is 6.30. The lowest BCUT2D eigenvalue weighted by atomic mass is 9.95. The Hall–Kier alpha value is -1.38. The van der Waals surface area contributed by atoms with Crippen LogP contribution in [0.25, 0.3) is 0 Å². The molecule has 1 atom stereocenters. The highest BCUT2D eigenvalue weighted by Crippen LogP contribution is 2.23. The molecule has 2 aromatic rings. The van der Waals surface area contributed by atoms with E-state index in [0.29, 0.717) is 6.42 Å². The molecule has 0 fully saturated rings. The summed E-state index contributed by atoms with van der Waals surface area (Å²) in [6.45, 7) is 4.11. The van der Waals surface area contributed by atoms with Crippen LogP contribution >= 0.6 is 11.6 Å². The third-order valence-corrected chi connectivity index (χ3v) is 3.55. The van der Waals surface area contributed by atoms with Crippen LogP contribution in [0.1, 0.15) is 28.3 Å². The van der Waals surface area contributed by atoms with Crippen molar-refractivity contribution in [2.75, 3.05) is 0 Å². The van der Waals surface area contributed by atoms with Crippen LogP contribution in [0.5, 0.6) is 0 Å². The number of benzene rings is 2. The Morgan fingerprint density at radius 3 is 2.53 bits per heavy atom. The summed E-state index contributed by atoms with van der Waals surface area (Å²) in [6.07, 6.45) is 0.643. The molecule has 0 heterocycles. The molecule has 0 aliphatic rings. The third kappa shape index (κ3) is 3.34. The Bertz CT molecular complexity index is 595. The minimum Gasteiger partial charge on any atom is -0.324 e. The smallest absolute Gasteiger partial charge is 0.141 e. The van der Waals surface area contributed by atoms with Crippen molar-refractivity contribution in [3.05, 3.63) is 69.5 Å². The van der Waals surface area contributed by atoms with Gasteiger partial charge in [0.15, 0.2) is 0 Å². The second-order valence-corrected chi connectivity index (χ2v) is 5.33. The Morgan fingerprint density at radius 2 is 1.89 bits per heavy atom. The molecule has 2 rings (SSSR count). The summed E-state index contributed by atoms with van der Waals surface area (Å²) < 4.78 is 13.1. The Kier molecular flexibility index (Phi) is 4.23. The van der Waals surface area contributed by atoms with E-state index in [1.807, 2.05) is 0 Å². The summed E-state index contributed by atoms with van der Waals surface area (Å²) in [7, 11) is 0. The largest absolute Gasteiger partial charge is 0.324 e. The van der Waals surface area contributed by atoms with E-state index in [-0.39, 0.29) is 11.1 Å². The highest BCUT2D eigenvalue weighted by atomic mass is 35.5. The van der Waals surface area contributed by atoms with Crippen molar-refractivity contribution in [1.29, 1.82) is 0 Å². The van der Waals surface area contributed by atoms with Crippen molar-refractivity contribution in [1.82, 2.24) is 0 Å². The molecule has 0 saturated carbocycles. The normalized spacial score (nSPS) is 12.5. The molecule has 0 aromatic heterocycles. The zero-order valence-corrected chi connectivity index (χ0v) is 11.8. The van der Waals surface area contributed by atoms with Gasteiger partial charge in [-0.3, -0.25) is 0 Å². The molecule has 0 saturated heterocycles. The molecule has 100 valence electrons. The number of halogens is 2. The van der Waals surface area contributed by atoms with Gasteiger partial charge in [0.1, 0.15) is 5.82 Å². The fourth-order valence-electron chi connectivity index (χ4n) is 2.27. The van der Waals surface area contributed by atoms with Crippen molar-refractivity contribution in [2.24, 2.45) is 5.73 Å². The van der Waals surface area contributed by atoms with E-state index in [9.17, 15) is 4.39 Å². The highest BCUT2D eigenvalue weighted by Gasteiger charge is 2.11. The van der Waals surface area contributed by atoms with Gasteiger partial charge in [-0.25, -0.2) is 4.39 Å². The molecule has 0 aliphatic carbocycles. The van der Waals surface area contributed by atoms with Crippen molar-refractivity contribution in [3.8, 4) is 0 Å². The first-order valence-corrected chi connectivity index (χ1v) is 6.62. The monoisotopic (exact) mass is 277 g/mol. The second kappa shape index (κ2) is 5.72. The maximum atomic E-state index is 13.1. The van der Waals surface area contributed by atoms with Gasteiger partial charge >= 0.3 is 0 Å². The van der Waals surface area contributed by atoms with Crippen LogP contribution in [-0.2, 0) is 6.42 Å². The average Bonchev–Trinajstić information content (AvgIpc) is 2.33. The van der Waals surface area contributed by atoms with Crippen LogP contribution in [0.2, 0.25) is 5.02 Å². The lowest BCUT2D eigenvalue weighted by molar-refractivity contribution is 0.626. The van der Waals surface area contributed by atoms with E-state index in [1.165, 1.54) is 17.2 Å². The molecule has 0 spiro atoms. The molecule has 0 amide bonds. The van der Waals surface area contributed by atoms with Gasteiger partial charge in [-0.2, -0.15) is 0 Å². The van der Waals surface area contributed by atoms with Gasteiger partial charge in [0.2, 0.25) is 0 Å². The topological polar surface area (TPSA) is 26.0 Å². The van der Waals surface area contributed by atoms with Crippen LogP contribution < -0.4 is 5.73 Å². The van der Waals surface area contributed by atoms with Crippen LogP contribution in [0.15, 0.2) is 36.4 Å². The molecule has 19 heavy (non-hydrogen) atoms. The van der Waals surface area contributed by atoms with Gasteiger partial charge in [-0.1, -0.05) is 41.4 Å². The lowest BCUT2D eigenvalue weighted by Crippen LogP contribution is -2.14. The fraction of sp³-hybridized carbons (Fsp3) is 0.250. The minimum atomic E-state index is -0.398. The van der Waals surface area contributed by atoms with Gasteiger partial charge < -0.3 is 5.73 Å². The molecule has 0 bridgehead atoms. The minimum absolute atomic E-state index is 0.109. The van der Waals surface area contributed by atoms with E-state index in [1.54, 1.807) is 12.1 Å². The van der Waals surface area contributed by atoms with Gasteiger partial charge in [0.05, 0.1) is 5.02 Å². The van der Waals surface area contributed by atoms with Crippen molar-refractivity contribution in [2.45, 2.75) is 26.3 Å². The molecule has 0 radical (unpaired) electrons. The third-order valence-electron chi connectivity index (χ3n) is 3.26. The standard InChI is InChI=1S/C16H17ClFN/c1-10-3-5-13(11(2)7-10)16(19)9-12-4-6-15(18)14(17)8-12/h3-8,16H,9,19H2,1-2H3. The van der Waals surface area contributed by atoms with Gasteiger partial charge in [-0.15, -0.1) is 0 Å². The van der Waals surface area contributed by atoms with Crippen LogP contribution in [-0.4, -0.2) is 0 Å². The first kappa shape index (κ1) is 14.0. The second-order valence-electron chi connectivity index (χ2n) is 4.92. The summed E-state index contributed by atoms with van der Waals surface area (Å²) in [5.41, 5.74) is 10.7. The number of rotatable bonds is 3. The summed E-state index contributed by atoms with van der Waals surface area (Å²) in [5, 5.41) is 0.144. The van der Waals surface area contributed by atoms with Gasteiger partial charge in [-0.05, 0) is 49.1 Å². The Labute approximate surface area is 118 Å². The fourth-order valence-corrected chi connectivity index (χ4v) is 2.48. The van der Waals surface area contributed by atoms with E-state index in [0.717, 1.165) is 11.1 Å². The molecule has 2 aromatic carbocycles. The predicted octanol–water partition coefficient (Wildman–Crippen LogP) is 4.34. The Morgan fingerprint density at radius 1 is 1.16 bits per heavy atom. The van der Waals surface area contributed by atoms with Crippen molar-refractivity contribution < 1.29 is 4.39 Å². The van der Waals surface area contributed by atoms with E-state index >= 15 is 0 Å². The van der Waals surface area contributed by atoms with Gasteiger partial charge in [0.25, 0.3) is 0 Å². The summed E-state index contributed by atoms with van der Waals surface area (Å²) in [6, 6.07) is 10.9. The van der Waals surface area contributed by atoms with E-state index < -0.39 is 5.82 Å². The molecular weight excluding hydrogens is 261 g/mol. The zero-order chi connectivity index (χ0) is 14.0. The molecule has 3 heteroatoms. The molecule has 0 aliphatic heterocycles. The molecular formula is C16H17ClFN. The summed E-state index contributed by atoms with van der Waals surface area (Å²) >= 11 is 5.78. The maximum absolute atomic E-state index is 13.1. The predicted molar refractivity (Wildman–Crippen MR) is 78.0 cm³/mol. The molecule has 1 unspecified atom stereocenters. The average molecular weight is 278 g/mol. The number of nitrogens with two attached hydrogens (primary N) is 1. The lowest BCUT2D eigenvalue weighted by Gasteiger charge is -2.15. The van der Waals surface area contributed by atoms with Crippen LogP contribution in [0.3, 0.4) is 0 Å². The van der Waals surface area contributed by atoms with Crippen molar-refractivity contribution >= 4 is 11.6 Å². The van der Waals surface area contributed by atoms with Crippen LogP contribution in [0, 0.1) is 19.7 Å². The molecule has 1 nitrogen and oxygen atoms in total. The maximum Gasteiger partial charge on any atom is 0.141 e. The summed E-state index contributed by atoms with van der Waals surface area (Å²) in [4.78, 5) is 0. The first-order chi connectivity index (χ1) is 8.97. The number of hydrogen-bond donors (Lipinski definition) is 1. The number of aryl methyl sites for hydroxylation is 2. The summed E-state index contributed by atoms with van der Waals surface area (Å²) in [5.74, 6) is -0.398. The van der Waals surface area contributed by atoms with E-state index in [4.69, 9.17) is 17.3 Å². The number of hydrogen-bond acceptors (Lipinski definition) is 1. The quantitative estimate of drug-likeness (QED) is 0.887. The van der Waals surface area contributed by atoms with Crippen LogP contribution in [0.4, 0.5) is 4.39 Å². The van der Waals surface area contributed by atoms with Gasteiger partial charge in [0, 0.05) is 6.04 Å². The van der Waals surface area contributed by atoms with E-state index in [2.05, 4.69) is 32.0 Å². The Balaban J connectivity index is 2.20.